The van der Waals surface area contributed by atoms with Gasteiger partial charge in [0.1, 0.15) is 0 Å². The number of hydrogen-bond acceptors (Lipinski definition) is 2. The highest BCUT2D eigenvalue weighted by Gasteiger charge is 2.18. The first-order valence-corrected chi connectivity index (χ1v) is 6.62. The van der Waals surface area contributed by atoms with Crippen molar-refractivity contribution in [2.45, 2.75) is 16.2 Å². The van der Waals surface area contributed by atoms with E-state index in [0.29, 0.717) is 0 Å². The van der Waals surface area contributed by atoms with Crippen molar-refractivity contribution in [1.82, 2.24) is 0 Å². The van der Waals surface area contributed by atoms with Gasteiger partial charge in [0.05, 0.1) is 0 Å². The zero-order valence-corrected chi connectivity index (χ0v) is 10.9. The van der Waals surface area contributed by atoms with E-state index in [9.17, 15) is 0 Å². The summed E-state index contributed by atoms with van der Waals surface area (Å²) in [6, 6.07) is 15.3. The lowest BCUT2D eigenvalue weighted by molar-refractivity contribution is 1.01. The number of nitrogens with zero attached hydrogens (tertiary/aromatic N) is 1. The third kappa shape index (κ3) is 1.83. The van der Waals surface area contributed by atoms with E-state index in [1.165, 1.54) is 26.6 Å². The van der Waals surface area contributed by atoms with E-state index in [4.69, 9.17) is 0 Å². The van der Waals surface area contributed by atoms with E-state index in [0.717, 1.165) is 6.42 Å². The lowest BCUT2D eigenvalue weighted by Gasteiger charge is -2.24. The normalized spacial score (nSPS) is 12.8. The second kappa shape index (κ2) is 4.11. The molecule has 0 aromatic heterocycles. The predicted molar refractivity (Wildman–Crippen MR) is 74.1 cm³/mol. The fraction of sp³-hybridized carbons (Fsp3) is 0.200. The van der Waals surface area contributed by atoms with E-state index >= 15 is 0 Å². The highest BCUT2D eigenvalue weighted by Crippen LogP contribution is 2.42. The second-order valence-electron chi connectivity index (χ2n) is 4.53. The quantitative estimate of drug-likeness (QED) is 0.637. The Morgan fingerprint density at radius 3 is 2.53 bits per heavy atom. The summed E-state index contributed by atoms with van der Waals surface area (Å²) in [5.41, 5.74) is 4.24. The van der Waals surface area contributed by atoms with Gasteiger partial charge in [-0.1, -0.05) is 36.0 Å². The van der Waals surface area contributed by atoms with Crippen molar-refractivity contribution >= 4 is 17.4 Å². The Kier molecular flexibility index (Phi) is 2.60. The fourth-order valence-electron chi connectivity index (χ4n) is 2.30. The van der Waals surface area contributed by atoms with Crippen LogP contribution in [0.5, 0.6) is 0 Å². The van der Waals surface area contributed by atoms with Crippen LogP contribution >= 0.6 is 11.8 Å². The van der Waals surface area contributed by atoms with Crippen LogP contribution in [0.3, 0.4) is 0 Å². The van der Waals surface area contributed by atoms with Gasteiger partial charge >= 0.3 is 0 Å². The van der Waals surface area contributed by atoms with Crippen molar-refractivity contribution in [2.75, 3.05) is 19.0 Å². The molecule has 0 fully saturated rings. The molecule has 0 radical (unpaired) electrons. The molecule has 0 bridgehead atoms. The van der Waals surface area contributed by atoms with E-state index < -0.39 is 0 Å². The Labute approximate surface area is 106 Å². The van der Waals surface area contributed by atoms with E-state index in [-0.39, 0.29) is 0 Å². The molecule has 0 unspecified atom stereocenters. The van der Waals surface area contributed by atoms with Crippen LogP contribution < -0.4 is 4.90 Å². The van der Waals surface area contributed by atoms with E-state index in [2.05, 4.69) is 61.5 Å². The Morgan fingerprint density at radius 1 is 0.941 bits per heavy atom. The minimum Gasteiger partial charge on any atom is -0.377 e. The number of hydrogen-bond donors (Lipinski definition) is 0. The highest BCUT2D eigenvalue weighted by atomic mass is 32.2. The molecule has 0 spiro atoms. The maximum atomic E-state index is 2.23. The molecule has 2 aromatic rings. The Morgan fingerprint density at radius 2 is 1.71 bits per heavy atom. The van der Waals surface area contributed by atoms with Crippen molar-refractivity contribution in [1.29, 1.82) is 0 Å². The monoisotopic (exact) mass is 241 g/mol. The fourth-order valence-corrected chi connectivity index (χ4v) is 3.41. The number of rotatable bonds is 1. The maximum Gasteiger partial charge on any atom is 0.0408 e. The van der Waals surface area contributed by atoms with Gasteiger partial charge in [-0.3, -0.25) is 0 Å². The van der Waals surface area contributed by atoms with Crippen LogP contribution in [0.15, 0.2) is 52.3 Å². The largest absolute Gasteiger partial charge is 0.377 e. The first-order chi connectivity index (χ1) is 8.25. The molecule has 86 valence electrons. The SMILES string of the molecule is CN(C)c1cccc2c1Cc1ccccc1S2. The molecule has 2 heteroatoms. The van der Waals surface area contributed by atoms with Crippen molar-refractivity contribution in [2.24, 2.45) is 0 Å². The molecule has 3 rings (SSSR count). The number of benzene rings is 2. The Bertz CT molecular complexity index is 561. The zero-order chi connectivity index (χ0) is 11.8. The van der Waals surface area contributed by atoms with Gasteiger partial charge in [-0.05, 0) is 29.3 Å². The number of fused-ring (bicyclic) bond motifs is 2. The Hall–Kier alpha value is -1.41. The van der Waals surface area contributed by atoms with Gasteiger partial charge in [0.15, 0.2) is 0 Å². The summed E-state index contributed by atoms with van der Waals surface area (Å²) in [6.45, 7) is 0. The minimum atomic E-state index is 1.05. The first kappa shape index (κ1) is 10.7. The molecule has 0 N–H and O–H groups in total. The van der Waals surface area contributed by atoms with Gasteiger partial charge in [-0.25, -0.2) is 0 Å². The summed E-state index contributed by atoms with van der Waals surface area (Å²) in [4.78, 5) is 5.00. The molecule has 1 aliphatic heterocycles. The van der Waals surface area contributed by atoms with Crippen LogP contribution in [0.4, 0.5) is 5.69 Å². The van der Waals surface area contributed by atoms with Crippen LogP contribution in [0.1, 0.15) is 11.1 Å². The molecule has 0 aliphatic carbocycles. The lowest BCUT2D eigenvalue weighted by Crippen LogP contribution is -2.13. The van der Waals surface area contributed by atoms with Crippen molar-refractivity contribution in [3.63, 3.8) is 0 Å². The van der Waals surface area contributed by atoms with Gasteiger partial charge < -0.3 is 4.90 Å². The number of anilines is 1. The van der Waals surface area contributed by atoms with Crippen LogP contribution in [0.25, 0.3) is 0 Å². The van der Waals surface area contributed by atoms with Crippen molar-refractivity contribution in [3.05, 3.63) is 53.6 Å². The minimum absolute atomic E-state index is 1.05. The summed E-state index contributed by atoms with van der Waals surface area (Å²) in [6.07, 6.45) is 1.05. The van der Waals surface area contributed by atoms with Crippen LogP contribution in [0.2, 0.25) is 0 Å². The zero-order valence-electron chi connectivity index (χ0n) is 10.1. The predicted octanol–water partition coefficient (Wildman–Crippen LogP) is 3.81. The van der Waals surface area contributed by atoms with Gasteiger partial charge in [-0.15, -0.1) is 0 Å². The summed E-state index contributed by atoms with van der Waals surface area (Å²) < 4.78 is 0. The van der Waals surface area contributed by atoms with Crippen molar-refractivity contribution in [3.8, 4) is 0 Å². The molecule has 17 heavy (non-hydrogen) atoms. The van der Waals surface area contributed by atoms with Crippen LogP contribution in [0, 0.1) is 0 Å². The summed E-state index contributed by atoms with van der Waals surface area (Å²) in [7, 11) is 4.22. The molecule has 1 heterocycles. The molecule has 2 aromatic carbocycles. The van der Waals surface area contributed by atoms with Gasteiger partial charge in [-0.2, -0.15) is 0 Å². The lowest BCUT2D eigenvalue weighted by atomic mass is 10.0. The third-order valence-electron chi connectivity index (χ3n) is 3.15. The van der Waals surface area contributed by atoms with Gasteiger partial charge in [0.2, 0.25) is 0 Å². The topological polar surface area (TPSA) is 3.24 Å². The summed E-state index contributed by atoms with van der Waals surface area (Å²) >= 11 is 1.89. The molecule has 1 aliphatic rings. The Balaban J connectivity index is 2.12. The molecule has 0 saturated carbocycles. The average Bonchev–Trinajstić information content (AvgIpc) is 2.35. The standard InChI is InChI=1S/C15H15NS/c1-16(2)13-7-5-9-15-12(13)10-11-6-3-4-8-14(11)17-15/h3-9H,10H2,1-2H3. The molecule has 1 nitrogen and oxygen atoms in total. The third-order valence-corrected chi connectivity index (χ3v) is 4.37. The molecule has 0 amide bonds. The van der Waals surface area contributed by atoms with Crippen molar-refractivity contribution < 1.29 is 0 Å². The molecular formula is C15H15NS. The molecular weight excluding hydrogens is 226 g/mol. The molecule has 0 atom stereocenters. The smallest absolute Gasteiger partial charge is 0.0408 e. The van der Waals surface area contributed by atoms with Crippen LogP contribution in [-0.4, -0.2) is 14.1 Å². The molecule has 0 saturated heterocycles. The van der Waals surface area contributed by atoms with E-state index in [1.54, 1.807) is 0 Å². The first-order valence-electron chi connectivity index (χ1n) is 5.80. The van der Waals surface area contributed by atoms with Gasteiger partial charge in [0, 0.05) is 36.0 Å². The second-order valence-corrected chi connectivity index (χ2v) is 5.62. The summed E-state index contributed by atoms with van der Waals surface area (Å²) in [5, 5.41) is 0. The average molecular weight is 241 g/mol. The maximum absolute atomic E-state index is 2.23. The van der Waals surface area contributed by atoms with E-state index in [1.807, 2.05) is 11.8 Å². The van der Waals surface area contributed by atoms with Gasteiger partial charge in [0.25, 0.3) is 0 Å². The summed E-state index contributed by atoms with van der Waals surface area (Å²) in [5.74, 6) is 0. The van der Waals surface area contributed by atoms with Crippen LogP contribution in [-0.2, 0) is 6.42 Å². The highest BCUT2D eigenvalue weighted by molar-refractivity contribution is 7.99.